The number of fused-ring (bicyclic) bond motifs is 1. The molecular formula is C12H13N3O2. The molecule has 0 aromatic carbocycles. The van der Waals surface area contributed by atoms with Gasteiger partial charge in [0, 0.05) is 24.0 Å². The predicted octanol–water partition coefficient (Wildman–Crippen LogP) is 0.912. The van der Waals surface area contributed by atoms with Crippen molar-refractivity contribution in [2.24, 2.45) is 5.73 Å². The monoisotopic (exact) mass is 231 g/mol. The van der Waals surface area contributed by atoms with E-state index in [-0.39, 0.29) is 5.92 Å². The van der Waals surface area contributed by atoms with Gasteiger partial charge >= 0.3 is 5.97 Å². The van der Waals surface area contributed by atoms with Crippen LogP contribution >= 0.6 is 0 Å². The molecule has 2 atom stereocenters. The highest BCUT2D eigenvalue weighted by Crippen LogP contribution is 2.49. The van der Waals surface area contributed by atoms with Crippen molar-refractivity contribution in [2.75, 3.05) is 0 Å². The highest BCUT2D eigenvalue weighted by molar-refractivity contribution is 5.84. The number of nitrogens with zero attached hydrogens (tertiary/aromatic N) is 2. The van der Waals surface area contributed by atoms with Crippen molar-refractivity contribution in [3.05, 3.63) is 35.8 Å². The molecule has 2 heterocycles. The van der Waals surface area contributed by atoms with Crippen LogP contribution < -0.4 is 5.73 Å². The fraction of sp³-hybridized carbons (Fsp3) is 0.333. The molecule has 0 saturated heterocycles. The molecule has 2 unspecified atom stereocenters. The van der Waals surface area contributed by atoms with Gasteiger partial charge in [0.25, 0.3) is 0 Å². The van der Waals surface area contributed by atoms with E-state index in [1.165, 1.54) is 0 Å². The largest absolute Gasteiger partial charge is 0.480 e. The first-order valence-electron chi connectivity index (χ1n) is 5.49. The summed E-state index contributed by atoms with van der Waals surface area (Å²) in [4.78, 5) is 15.4. The molecule has 0 aliphatic heterocycles. The molecule has 3 rings (SSSR count). The molecule has 1 aliphatic carbocycles. The van der Waals surface area contributed by atoms with Gasteiger partial charge in [0.05, 0.1) is 0 Å². The number of carboxylic acids is 1. The van der Waals surface area contributed by atoms with Crippen molar-refractivity contribution in [1.29, 1.82) is 0 Å². The van der Waals surface area contributed by atoms with Crippen LogP contribution in [0.25, 0.3) is 5.65 Å². The number of aryl methyl sites for hydroxylation is 1. The summed E-state index contributed by atoms with van der Waals surface area (Å²) >= 11 is 0. The lowest BCUT2D eigenvalue weighted by Gasteiger charge is -2.05. The van der Waals surface area contributed by atoms with Crippen molar-refractivity contribution in [3.8, 4) is 0 Å². The van der Waals surface area contributed by atoms with Gasteiger partial charge in [-0.1, -0.05) is 6.07 Å². The third kappa shape index (κ3) is 1.29. The molecule has 0 amide bonds. The molecule has 2 aromatic rings. The number of aromatic nitrogens is 2. The lowest BCUT2D eigenvalue weighted by Crippen LogP contribution is -2.34. The quantitative estimate of drug-likeness (QED) is 0.805. The van der Waals surface area contributed by atoms with Gasteiger partial charge in [0.2, 0.25) is 0 Å². The van der Waals surface area contributed by atoms with Gasteiger partial charge in [-0.3, -0.25) is 4.79 Å². The van der Waals surface area contributed by atoms with Crippen molar-refractivity contribution < 1.29 is 9.90 Å². The summed E-state index contributed by atoms with van der Waals surface area (Å²) in [6, 6.07) is 3.90. The molecule has 2 aromatic heterocycles. The maximum absolute atomic E-state index is 11.0. The van der Waals surface area contributed by atoms with Crippen molar-refractivity contribution in [1.82, 2.24) is 9.38 Å². The Morgan fingerprint density at radius 2 is 2.47 bits per heavy atom. The minimum Gasteiger partial charge on any atom is -0.480 e. The Labute approximate surface area is 97.9 Å². The van der Waals surface area contributed by atoms with Crippen LogP contribution in [-0.4, -0.2) is 26.0 Å². The van der Waals surface area contributed by atoms with E-state index >= 15 is 0 Å². The highest BCUT2D eigenvalue weighted by atomic mass is 16.4. The standard InChI is InChI=1S/C12H13N3O2/c1-7-3-2-4-15-9(6-14-10(7)15)8-5-12(8,13)11(16)17/h2-4,6,8H,5,13H2,1H3,(H,16,17). The summed E-state index contributed by atoms with van der Waals surface area (Å²) in [5.74, 6) is -1.08. The number of nitrogens with two attached hydrogens (primary N) is 1. The molecule has 1 aliphatic rings. The number of imidazole rings is 1. The molecule has 0 spiro atoms. The van der Waals surface area contributed by atoms with Gasteiger partial charge in [0.1, 0.15) is 11.2 Å². The van der Waals surface area contributed by atoms with Crippen LogP contribution in [0.1, 0.15) is 23.6 Å². The SMILES string of the molecule is Cc1cccn2c(C3CC3(N)C(=O)O)cnc12. The van der Waals surface area contributed by atoms with Gasteiger partial charge in [0.15, 0.2) is 0 Å². The predicted molar refractivity (Wildman–Crippen MR) is 61.8 cm³/mol. The zero-order valence-corrected chi connectivity index (χ0v) is 9.42. The van der Waals surface area contributed by atoms with E-state index in [2.05, 4.69) is 4.98 Å². The Hall–Kier alpha value is -1.88. The average Bonchev–Trinajstić information content (AvgIpc) is 2.80. The molecule has 5 nitrogen and oxygen atoms in total. The number of carbonyl (C=O) groups is 1. The van der Waals surface area contributed by atoms with Crippen molar-refractivity contribution in [3.63, 3.8) is 0 Å². The van der Waals surface area contributed by atoms with Crippen molar-refractivity contribution in [2.45, 2.75) is 24.8 Å². The van der Waals surface area contributed by atoms with E-state index < -0.39 is 11.5 Å². The topological polar surface area (TPSA) is 80.6 Å². The van der Waals surface area contributed by atoms with Crippen LogP contribution in [0, 0.1) is 6.92 Å². The molecule has 5 heteroatoms. The van der Waals surface area contributed by atoms with Crippen LogP contribution in [0.4, 0.5) is 0 Å². The number of carboxylic acid groups (broad SMARTS) is 1. The van der Waals surface area contributed by atoms with Crippen LogP contribution in [0.5, 0.6) is 0 Å². The zero-order chi connectivity index (χ0) is 12.2. The zero-order valence-electron chi connectivity index (χ0n) is 9.42. The molecule has 0 bridgehead atoms. The first-order valence-corrected chi connectivity index (χ1v) is 5.49. The lowest BCUT2D eigenvalue weighted by atomic mass is 10.2. The first-order chi connectivity index (χ1) is 8.04. The Morgan fingerprint density at radius 3 is 3.12 bits per heavy atom. The smallest absolute Gasteiger partial charge is 0.324 e. The third-order valence-electron chi connectivity index (χ3n) is 3.52. The van der Waals surface area contributed by atoms with E-state index in [1.807, 2.05) is 29.7 Å². The molecule has 1 fully saturated rings. The summed E-state index contributed by atoms with van der Waals surface area (Å²) in [6.45, 7) is 1.98. The molecular weight excluding hydrogens is 218 g/mol. The third-order valence-corrected chi connectivity index (χ3v) is 3.52. The van der Waals surface area contributed by atoms with E-state index in [1.54, 1.807) is 6.20 Å². The second-order valence-electron chi connectivity index (χ2n) is 4.67. The second kappa shape index (κ2) is 3.07. The molecule has 88 valence electrons. The normalized spacial score (nSPS) is 27.3. The lowest BCUT2D eigenvalue weighted by molar-refractivity contribution is -0.139. The summed E-state index contributed by atoms with van der Waals surface area (Å²) in [5.41, 5.74) is 7.51. The van der Waals surface area contributed by atoms with Gasteiger partial charge in [-0.25, -0.2) is 4.98 Å². The van der Waals surface area contributed by atoms with Gasteiger partial charge in [-0.15, -0.1) is 0 Å². The van der Waals surface area contributed by atoms with E-state index in [0.717, 1.165) is 16.9 Å². The van der Waals surface area contributed by atoms with Gasteiger partial charge in [-0.05, 0) is 25.0 Å². The number of hydrogen-bond acceptors (Lipinski definition) is 3. The maximum atomic E-state index is 11.0. The second-order valence-corrected chi connectivity index (χ2v) is 4.67. The van der Waals surface area contributed by atoms with E-state index in [9.17, 15) is 4.79 Å². The Kier molecular flexibility index (Phi) is 1.86. The fourth-order valence-corrected chi connectivity index (χ4v) is 2.31. The Morgan fingerprint density at radius 1 is 1.71 bits per heavy atom. The van der Waals surface area contributed by atoms with E-state index in [4.69, 9.17) is 10.8 Å². The molecule has 1 saturated carbocycles. The number of rotatable bonds is 2. The average molecular weight is 231 g/mol. The Balaban J connectivity index is 2.10. The minimum atomic E-state index is -1.11. The van der Waals surface area contributed by atoms with Crippen LogP contribution in [0.2, 0.25) is 0 Å². The van der Waals surface area contributed by atoms with E-state index in [0.29, 0.717) is 6.42 Å². The molecule has 0 radical (unpaired) electrons. The summed E-state index contributed by atoms with van der Waals surface area (Å²) < 4.78 is 1.93. The summed E-state index contributed by atoms with van der Waals surface area (Å²) in [7, 11) is 0. The maximum Gasteiger partial charge on any atom is 0.324 e. The fourth-order valence-electron chi connectivity index (χ4n) is 2.31. The molecule has 3 N–H and O–H groups in total. The number of pyridine rings is 1. The molecule has 17 heavy (non-hydrogen) atoms. The summed E-state index contributed by atoms with van der Waals surface area (Å²) in [5, 5.41) is 9.05. The van der Waals surface area contributed by atoms with Crippen LogP contribution in [0.15, 0.2) is 24.5 Å². The first kappa shape index (κ1) is 10.3. The Bertz CT molecular complexity index is 619. The summed E-state index contributed by atoms with van der Waals surface area (Å²) in [6.07, 6.45) is 4.10. The number of aliphatic carboxylic acids is 1. The highest BCUT2D eigenvalue weighted by Gasteiger charge is 2.59. The van der Waals surface area contributed by atoms with Crippen molar-refractivity contribution >= 4 is 11.6 Å². The van der Waals surface area contributed by atoms with Gasteiger partial charge < -0.3 is 15.2 Å². The van der Waals surface area contributed by atoms with Gasteiger partial charge in [-0.2, -0.15) is 0 Å². The van der Waals surface area contributed by atoms with Crippen LogP contribution in [0.3, 0.4) is 0 Å². The van der Waals surface area contributed by atoms with Crippen LogP contribution in [-0.2, 0) is 4.79 Å². The number of hydrogen-bond donors (Lipinski definition) is 2. The minimum absolute atomic E-state index is 0.142.